The van der Waals surface area contributed by atoms with Gasteiger partial charge in [-0.15, -0.1) is 0 Å². The van der Waals surface area contributed by atoms with Crippen molar-refractivity contribution in [1.82, 2.24) is 4.98 Å². The zero-order valence-electron chi connectivity index (χ0n) is 12.4. The van der Waals surface area contributed by atoms with E-state index in [-0.39, 0.29) is 18.0 Å². The molecule has 0 aliphatic rings. The van der Waals surface area contributed by atoms with Crippen LogP contribution in [0.15, 0.2) is 48.7 Å². The van der Waals surface area contributed by atoms with Crippen LogP contribution in [-0.4, -0.2) is 10.9 Å². The molecule has 118 valence electrons. The van der Waals surface area contributed by atoms with Crippen LogP contribution < -0.4 is 5.32 Å². The number of amides is 1. The first-order chi connectivity index (χ1) is 11.1. The van der Waals surface area contributed by atoms with Crippen LogP contribution in [-0.2, 0) is 11.2 Å². The summed E-state index contributed by atoms with van der Waals surface area (Å²) in [5, 5.41) is 3.62. The van der Waals surface area contributed by atoms with Crippen molar-refractivity contribution in [2.45, 2.75) is 19.3 Å². The molecule has 0 bridgehead atoms. The number of anilines is 1. The lowest BCUT2D eigenvalue weighted by atomic mass is 10.1. The lowest BCUT2D eigenvalue weighted by Gasteiger charge is -2.06. The van der Waals surface area contributed by atoms with Gasteiger partial charge in [-0.1, -0.05) is 18.2 Å². The normalized spacial score (nSPS) is 10.9. The van der Waals surface area contributed by atoms with Gasteiger partial charge >= 0.3 is 0 Å². The van der Waals surface area contributed by atoms with E-state index < -0.39 is 11.6 Å². The number of aryl methyl sites for hydroxylation is 1. The van der Waals surface area contributed by atoms with Crippen molar-refractivity contribution in [3.8, 4) is 0 Å². The molecule has 2 N–H and O–H groups in total. The summed E-state index contributed by atoms with van der Waals surface area (Å²) in [5.74, 6) is -1.72. The molecule has 3 rings (SSSR count). The number of hydrogen-bond acceptors (Lipinski definition) is 1. The summed E-state index contributed by atoms with van der Waals surface area (Å²) in [6, 6.07) is 11.1. The molecule has 0 aliphatic carbocycles. The van der Waals surface area contributed by atoms with Crippen LogP contribution in [0, 0.1) is 11.6 Å². The van der Waals surface area contributed by atoms with Crippen LogP contribution in [0.5, 0.6) is 0 Å². The number of aromatic nitrogens is 1. The third-order valence-electron chi connectivity index (χ3n) is 3.73. The van der Waals surface area contributed by atoms with E-state index in [9.17, 15) is 13.6 Å². The first kappa shape index (κ1) is 15.2. The first-order valence-corrected chi connectivity index (χ1v) is 7.43. The van der Waals surface area contributed by atoms with Crippen LogP contribution in [0.4, 0.5) is 14.5 Å². The number of hydrogen-bond donors (Lipinski definition) is 2. The zero-order chi connectivity index (χ0) is 16.2. The van der Waals surface area contributed by atoms with Gasteiger partial charge in [0.25, 0.3) is 0 Å². The Morgan fingerprint density at radius 3 is 2.78 bits per heavy atom. The number of aromatic amines is 1. The Kier molecular flexibility index (Phi) is 4.37. The van der Waals surface area contributed by atoms with Gasteiger partial charge in [-0.2, -0.15) is 0 Å². The number of carbonyl (C=O) groups is 1. The fourth-order valence-electron chi connectivity index (χ4n) is 2.58. The number of nitrogens with one attached hydrogen (secondary N) is 2. The summed E-state index contributed by atoms with van der Waals surface area (Å²) in [5.41, 5.74) is 2.23. The number of H-pyrrole nitrogens is 1. The highest BCUT2D eigenvalue weighted by Crippen LogP contribution is 2.20. The molecule has 0 saturated heterocycles. The summed E-state index contributed by atoms with van der Waals surface area (Å²) < 4.78 is 26.3. The van der Waals surface area contributed by atoms with Crippen molar-refractivity contribution in [3.05, 3.63) is 65.9 Å². The van der Waals surface area contributed by atoms with Gasteiger partial charge in [0, 0.05) is 29.6 Å². The molecule has 1 heterocycles. The molecular formula is C18H16F2N2O. The van der Waals surface area contributed by atoms with E-state index in [4.69, 9.17) is 0 Å². The van der Waals surface area contributed by atoms with Crippen molar-refractivity contribution in [2.24, 2.45) is 0 Å². The highest BCUT2D eigenvalue weighted by Gasteiger charge is 2.09. The highest BCUT2D eigenvalue weighted by atomic mass is 19.1. The van der Waals surface area contributed by atoms with E-state index in [0.717, 1.165) is 35.0 Å². The highest BCUT2D eigenvalue weighted by molar-refractivity contribution is 5.90. The molecule has 1 amide bonds. The van der Waals surface area contributed by atoms with Gasteiger partial charge in [0.2, 0.25) is 5.91 Å². The second kappa shape index (κ2) is 6.60. The lowest BCUT2D eigenvalue weighted by Crippen LogP contribution is -2.12. The minimum absolute atomic E-state index is 0.00324. The van der Waals surface area contributed by atoms with E-state index in [1.807, 2.05) is 30.5 Å². The molecule has 0 atom stereocenters. The van der Waals surface area contributed by atoms with E-state index in [2.05, 4.69) is 10.3 Å². The van der Waals surface area contributed by atoms with Gasteiger partial charge in [-0.25, -0.2) is 8.78 Å². The maximum absolute atomic E-state index is 13.5. The molecule has 2 aromatic carbocycles. The predicted molar refractivity (Wildman–Crippen MR) is 86.2 cm³/mol. The standard InChI is InChI=1S/C18H16F2N2O/c19-13-8-9-17(15(20)10-13)22-18(23)7-3-4-12-11-21-16-6-2-1-5-14(12)16/h1-2,5-6,8-11,21H,3-4,7H2,(H,22,23). The van der Waals surface area contributed by atoms with Gasteiger partial charge in [-0.05, 0) is 36.6 Å². The predicted octanol–water partition coefficient (Wildman–Crippen LogP) is 4.41. The fourth-order valence-corrected chi connectivity index (χ4v) is 2.58. The van der Waals surface area contributed by atoms with Crippen LogP contribution in [0.25, 0.3) is 10.9 Å². The quantitative estimate of drug-likeness (QED) is 0.720. The molecule has 3 nitrogen and oxygen atoms in total. The van der Waals surface area contributed by atoms with E-state index in [1.54, 1.807) is 0 Å². The molecule has 0 saturated carbocycles. The smallest absolute Gasteiger partial charge is 0.224 e. The summed E-state index contributed by atoms with van der Waals surface area (Å²) in [4.78, 5) is 15.1. The average Bonchev–Trinajstić information content (AvgIpc) is 2.94. The van der Waals surface area contributed by atoms with Crippen LogP contribution in [0.2, 0.25) is 0 Å². The van der Waals surface area contributed by atoms with Crippen LogP contribution in [0.1, 0.15) is 18.4 Å². The Balaban J connectivity index is 1.55. The van der Waals surface area contributed by atoms with Gasteiger partial charge in [0.05, 0.1) is 5.69 Å². The van der Waals surface area contributed by atoms with E-state index >= 15 is 0 Å². The van der Waals surface area contributed by atoms with Crippen molar-refractivity contribution < 1.29 is 13.6 Å². The minimum Gasteiger partial charge on any atom is -0.361 e. The molecule has 5 heteroatoms. The lowest BCUT2D eigenvalue weighted by molar-refractivity contribution is -0.116. The molecule has 0 aliphatic heterocycles. The number of fused-ring (bicyclic) bond motifs is 1. The molecule has 0 unspecified atom stereocenters. The summed E-state index contributed by atoms with van der Waals surface area (Å²) >= 11 is 0. The topological polar surface area (TPSA) is 44.9 Å². The van der Waals surface area contributed by atoms with E-state index in [1.165, 1.54) is 6.07 Å². The third kappa shape index (κ3) is 3.56. The van der Waals surface area contributed by atoms with Crippen molar-refractivity contribution in [1.29, 1.82) is 0 Å². The molecule has 3 aromatic rings. The SMILES string of the molecule is O=C(CCCc1c[nH]c2ccccc12)Nc1ccc(F)cc1F. The largest absolute Gasteiger partial charge is 0.361 e. The number of para-hydroxylation sites is 1. The van der Waals surface area contributed by atoms with Crippen LogP contribution >= 0.6 is 0 Å². The van der Waals surface area contributed by atoms with Gasteiger partial charge in [0.1, 0.15) is 11.6 Å². The maximum atomic E-state index is 13.5. The van der Waals surface area contributed by atoms with Crippen molar-refractivity contribution in [3.63, 3.8) is 0 Å². The van der Waals surface area contributed by atoms with Gasteiger partial charge in [-0.3, -0.25) is 4.79 Å². The summed E-state index contributed by atoms with van der Waals surface area (Å²) in [6.07, 6.45) is 3.62. The Labute approximate surface area is 132 Å². The van der Waals surface area contributed by atoms with Gasteiger partial charge < -0.3 is 10.3 Å². The van der Waals surface area contributed by atoms with Crippen molar-refractivity contribution >= 4 is 22.5 Å². The van der Waals surface area contributed by atoms with Crippen molar-refractivity contribution in [2.75, 3.05) is 5.32 Å². The number of rotatable bonds is 5. The first-order valence-electron chi connectivity index (χ1n) is 7.43. The molecule has 0 radical (unpaired) electrons. The Morgan fingerprint density at radius 2 is 1.96 bits per heavy atom. The molecular weight excluding hydrogens is 298 g/mol. The maximum Gasteiger partial charge on any atom is 0.224 e. The summed E-state index contributed by atoms with van der Waals surface area (Å²) in [6.45, 7) is 0. The Morgan fingerprint density at radius 1 is 1.13 bits per heavy atom. The second-order valence-corrected chi connectivity index (χ2v) is 5.39. The fraction of sp³-hybridized carbons (Fsp3) is 0.167. The molecule has 23 heavy (non-hydrogen) atoms. The minimum atomic E-state index is -0.769. The number of halogens is 2. The van der Waals surface area contributed by atoms with E-state index in [0.29, 0.717) is 6.42 Å². The molecule has 0 spiro atoms. The molecule has 1 aromatic heterocycles. The number of carbonyl (C=O) groups excluding carboxylic acids is 1. The van der Waals surface area contributed by atoms with Gasteiger partial charge in [0.15, 0.2) is 0 Å². The molecule has 0 fully saturated rings. The summed E-state index contributed by atoms with van der Waals surface area (Å²) in [7, 11) is 0. The number of benzene rings is 2. The van der Waals surface area contributed by atoms with Crippen LogP contribution in [0.3, 0.4) is 0 Å². The Hall–Kier alpha value is -2.69. The zero-order valence-corrected chi connectivity index (χ0v) is 12.4. The third-order valence-corrected chi connectivity index (χ3v) is 3.73. The monoisotopic (exact) mass is 314 g/mol. The Bertz CT molecular complexity index is 842. The average molecular weight is 314 g/mol. The second-order valence-electron chi connectivity index (χ2n) is 5.39.